The van der Waals surface area contributed by atoms with Crippen LogP contribution < -0.4 is 16.0 Å². The molecule has 0 bridgehead atoms. The number of nitrogens with two attached hydrogens (primary N) is 1. The van der Waals surface area contributed by atoms with Crippen molar-refractivity contribution in [2.24, 2.45) is 0 Å². The van der Waals surface area contributed by atoms with Gasteiger partial charge in [-0.1, -0.05) is 0 Å². The minimum atomic E-state index is -0.290. The Balaban J connectivity index is 2.35. The lowest BCUT2D eigenvalue weighted by Crippen LogP contribution is -2.08. The smallest absolute Gasteiger partial charge is 0.268 e. The summed E-state index contributed by atoms with van der Waals surface area (Å²) in [6.07, 6.45) is 1.28. The Morgan fingerprint density at radius 2 is 2.24 bits per heavy atom. The number of benzene rings is 1. The van der Waals surface area contributed by atoms with Gasteiger partial charge in [0.05, 0.1) is 6.33 Å². The fourth-order valence-corrected chi connectivity index (χ4v) is 1.56. The number of anilines is 1. The summed E-state index contributed by atoms with van der Waals surface area (Å²) in [5.74, 6) is 0.799. The summed E-state index contributed by atoms with van der Waals surface area (Å²) in [6, 6.07) is 5.24. The van der Waals surface area contributed by atoms with Gasteiger partial charge in [0.15, 0.2) is 0 Å². The number of rotatable bonds is 2. The molecule has 1 aromatic carbocycles. The number of aromatic nitrogens is 2. The highest BCUT2D eigenvalue weighted by Gasteiger charge is 2.08. The second-order valence-electron chi connectivity index (χ2n) is 3.47. The predicted molar refractivity (Wildman–Crippen MR) is 68.2 cm³/mol. The van der Waals surface area contributed by atoms with Crippen LogP contribution in [0.15, 0.2) is 33.8 Å². The van der Waals surface area contributed by atoms with Crippen LogP contribution in [0.3, 0.4) is 0 Å². The molecule has 17 heavy (non-hydrogen) atoms. The molecule has 0 amide bonds. The number of nitrogens with zero attached hydrogens (tertiary/aromatic N) is 1. The lowest BCUT2D eigenvalue weighted by atomic mass is 10.2. The minimum absolute atomic E-state index is 0.220. The van der Waals surface area contributed by atoms with Crippen molar-refractivity contribution < 1.29 is 4.74 Å². The van der Waals surface area contributed by atoms with Gasteiger partial charge in [-0.3, -0.25) is 4.79 Å². The highest BCUT2D eigenvalue weighted by molar-refractivity contribution is 9.10. The number of ether oxygens (including phenoxy) is 1. The van der Waals surface area contributed by atoms with E-state index in [-0.39, 0.29) is 15.9 Å². The Morgan fingerprint density at radius 1 is 1.47 bits per heavy atom. The van der Waals surface area contributed by atoms with Crippen molar-refractivity contribution in [2.75, 3.05) is 5.73 Å². The Labute approximate surface area is 106 Å². The molecular weight excluding hydrogens is 286 g/mol. The number of H-pyrrole nitrogens is 1. The summed E-state index contributed by atoms with van der Waals surface area (Å²) >= 11 is 3.11. The predicted octanol–water partition coefficient (Wildman–Crippen LogP) is 2.22. The maximum absolute atomic E-state index is 11.3. The first kappa shape index (κ1) is 11.7. The Bertz CT molecular complexity index is 610. The van der Waals surface area contributed by atoms with Gasteiger partial charge < -0.3 is 15.5 Å². The SMILES string of the molecule is Cc1cc(Oc2nc[nH]c(=O)c2Br)ccc1N. The quantitative estimate of drug-likeness (QED) is 0.833. The molecule has 88 valence electrons. The van der Waals surface area contributed by atoms with Crippen LogP contribution in [-0.2, 0) is 0 Å². The zero-order valence-electron chi connectivity index (χ0n) is 9.03. The van der Waals surface area contributed by atoms with Crippen molar-refractivity contribution in [3.05, 3.63) is 44.9 Å². The minimum Gasteiger partial charge on any atom is -0.438 e. The molecule has 0 spiro atoms. The summed E-state index contributed by atoms with van der Waals surface area (Å²) in [5, 5.41) is 0. The molecule has 0 aliphatic rings. The van der Waals surface area contributed by atoms with E-state index < -0.39 is 0 Å². The zero-order chi connectivity index (χ0) is 12.4. The number of nitrogen functional groups attached to an aromatic ring is 1. The van der Waals surface area contributed by atoms with Gasteiger partial charge >= 0.3 is 0 Å². The molecule has 0 saturated carbocycles. The molecule has 0 aliphatic heterocycles. The second kappa shape index (κ2) is 4.58. The van der Waals surface area contributed by atoms with Crippen LogP contribution in [0.25, 0.3) is 0 Å². The van der Waals surface area contributed by atoms with E-state index in [0.717, 1.165) is 5.56 Å². The van der Waals surface area contributed by atoms with Crippen molar-refractivity contribution in [1.82, 2.24) is 9.97 Å². The zero-order valence-corrected chi connectivity index (χ0v) is 10.6. The molecule has 2 aromatic rings. The van der Waals surface area contributed by atoms with E-state index in [1.54, 1.807) is 18.2 Å². The van der Waals surface area contributed by atoms with E-state index in [1.165, 1.54) is 6.33 Å². The maximum atomic E-state index is 11.3. The van der Waals surface area contributed by atoms with E-state index in [1.807, 2.05) is 6.92 Å². The highest BCUT2D eigenvalue weighted by Crippen LogP contribution is 2.26. The molecule has 1 aromatic heterocycles. The van der Waals surface area contributed by atoms with Crippen molar-refractivity contribution in [3.8, 4) is 11.6 Å². The molecule has 3 N–H and O–H groups in total. The van der Waals surface area contributed by atoms with E-state index in [9.17, 15) is 4.79 Å². The number of hydrogen-bond acceptors (Lipinski definition) is 4. The fourth-order valence-electron chi connectivity index (χ4n) is 1.26. The largest absolute Gasteiger partial charge is 0.438 e. The molecule has 6 heteroatoms. The fraction of sp³-hybridized carbons (Fsp3) is 0.0909. The summed E-state index contributed by atoms with van der Waals surface area (Å²) in [6.45, 7) is 1.88. The van der Waals surface area contributed by atoms with Gasteiger partial charge in [0, 0.05) is 5.69 Å². The van der Waals surface area contributed by atoms with Crippen molar-refractivity contribution in [2.45, 2.75) is 6.92 Å². The molecule has 2 rings (SSSR count). The van der Waals surface area contributed by atoms with Gasteiger partial charge in [-0.05, 0) is 46.6 Å². The first-order valence-electron chi connectivity index (χ1n) is 4.85. The summed E-state index contributed by atoms with van der Waals surface area (Å²) in [5.41, 5.74) is 7.01. The van der Waals surface area contributed by atoms with Crippen molar-refractivity contribution in [1.29, 1.82) is 0 Å². The molecule has 0 aliphatic carbocycles. The third-order valence-electron chi connectivity index (χ3n) is 2.22. The molecule has 5 nitrogen and oxygen atoms in total. The standard InChI is InChI=1S/C11H10BrN3O2/c1-6-4-7(2-3-8(6)13)17-11-9(12)10(16)14-5-15-11/h2-5H,13H2,1H3,(H,14,15,16). The monoisotopic (exact) mass is 295 g/mol. The third kappa shape index (κ3) is 2.47. The van der Waals surface area contributed by atoms with Crippen LogP contribution in [0.4, 0.5) is 5.69 Å². The molecule has 1 heterocycles. The molecule has 0 unspecified atom stereocenters. The van der Waals surface area contributed by atoms with Crippen LogP contribution in [0.2, 0.25) is 0 Å². The molecule has 0 atom stereocenters. The Hall–Kier alpha value is -1.82. The summed E-state index contributed by atoms with van der Waals surface area (Å²) < 4.78 is 5.75. The van der Waals surface area contributed by atoms with E-state index in [0.29, 0.717) is 11.4 Å². The van der Waals surface area contributed by atoms with Crippen LogP contribution in [-0.4, -0.2) is 9.97 Å². The van der Waals surface area contributed by atoms with E-state index in [4.69, 9.17) is 10.5 Å². The average molecular weight is 296 g/mol. The van der Waals surface area contributed by atoms with Gasteiger partial charge in [0.1, 0.15) is 10.2 Å². The van der Waals surface area contributed by atoms with Crippen molar-refractivity contribution in [3.63, 3.8) is 0 Å². The normalized spacial score (nSPS) is 10.2. The molecule has 0 saturated heterocycles. The first-order chi connectivity index (χ1) is 8.08. The molecule has 0 fully saturated rings. The maximum Gasteiger partial charge on any atom is 0.268 e. The second-order valence-corrected chi connectivity index (χ2v) is 4.26. The molecular formula is C11H10BrN3O2. The van der Waals surface area contributed by atoms with Gasteiger partial charge in [-0.25, -0.2) is 4.98 Å². The topological polar surface area (TPSA) is 81.0 Å². The Morgan fingerprint density at radius 3 is 2.94 bits per heavy atom. The average Bonchev–Trinajstić information content (AvgIpc) is 2.30. The van der Waals surface area contributed by atoms with Gasteiger partial charge in [-0.15, -0.1) is 0 Å². The number of halogens is 1. The van der Waals surface area contributed by atoms with Gasteiger partial charge in [-0.2, -0.15) is 0 Å². The van der Waals surface area contributed by atoms with Crippen LogP contribution in [0.1, 0.15) is 5.56 Å². The van der Waals surface area contributed by atoms with E-state index >= 15 is 0 Å². The van der Waals surface area contributed by atoms with E-state index in [2.05, 4.69) is 25.9 Å². The number of aromatic amines is 1. The van der Waals surface area contributed by atoms with Crippen LogP contribution >= 0.6 is 15.9 Å². The van der Waals surface area contributed by atoms with Gasteiger partial charge in [0.2, 0.25) is 5.88 Å². The molecule has 0 radical (unpaired) electrons. The summed E-state index contributed by atoms with van der Waals surface area (Å²) in [7, 11) is 0. The highest BCUT2D eigenvalue weighted by atomic mass is 79.9. The lowest BCUT2D eigenvalue weighted by Gasteiger charge is -2.07. The number of aryl methyl sites for hydroxylation is 1. The third-order valence-corrected chi connectivity index (χ3v) is 2.92. The lowest BCUT2D eigenvalue weighted by molar-refractivity contribution is 0.456. The van der Waals surface area contributed by atoms with Crippen molar-refractivity contribution >= 4 is 21.6 Å². The van der Waals surface area contributed by atoms with Crippen LogP contribution in [0, 0.1) is 6.92 Å². The Kier molecular flexibility index (Phi) is 3.14. The first-order valence-corrected chi connectivity index (χ1v) is 5.64. The number of hydrogen-bond donors (Lipinski definition) is 2. The van der Waals surface area contributed by atoms with Gasteiger partial charge in [0.25, 0.3) is 5.56 Å². The summed E-state index contributed by atoms with van der Waals surface area (Å²) in [4.78, 5) is 17.7. The van der Waals surface area contributed by atoms with Crippen LogP contribution in [0.5, 0.6) is 11.6 Å². The number of nitrogens with one attached hydrogen (secondary N) is 1.